The molecule has 2 aliphatic rings. The molecule has 1 unspecified atom stereocenters. The van der Waals surface area contributed by atoms with Crippen molar-refractivity contribution in [1.29, 1.82) is 0 Å². The topological polar surface area (TPSA) is 70.6 Å². The summed E-state index contributed by atoms with van der Waals surface area (Å²) in [6.07, 6.45) is 2.83. The minimum absolute atomic E-state index is 0.00416. The third-order valence-corrected chi connectivity index (χ3v) is 7.16. The molecule has 1 atom stereocenters. The fourth-order valence-corrected chi connectivity index (χ4v) is 5.17. The highest BCUT2D eigenvalue weighted by molar-refractivity contribution is 5.74. The van der Waals surface area contributed by atoms with Gasteiger partial charge in [-0.1, -0.05) is 0 Å². The molecule has 0 spiro atoms. The van der Waals surface area contributed by atoms with Gasteiger partial charge in [-0.3, -0.25) is 9.69 Å². The zero-order valence-electron chi connectivity index (χ0n) is 20.2. The normalized spacial score (nSPS) is 18.6. The lowest BCUT2D eigenvalue weighted by molar-refractivity contribution is -0.129. The van der Waals surface area contributed by atoms with Gasteiger partial charge in [0.25, 0.3) is 0 Å². The molecule has 1 fully saturated rings. The Hall–Kier alpha value is -2.67. The zero-order valence-corrected chi connectivity index (χ0v) is 20.2. The second kappa shape index (κ2) is 9.06. The Kier molecular flexibility index (Phi) is 6.38. The summed E-state index contributed by atoms with van der Waals surface area (Å²) in [6, 6.07) is 2.14. The van der Waals surface area contributed by atoms with Gasteiger partial charge < -0.3 is 15.0 Å². The van der Waals surface area contributed by atoms with E-state index in [2.05, 4.69) is 37.1 Å². The van der Waals surface area contributed by atoms with Gasteiger partial charge in [0.15, 0.2) is 5.82 Å². The van der Waals surface area contributed by atoms with Gasteiger partial charge in [-0.15, -0.1) is 0 Å². The quantitative estimate of drug-likeness (QED) is 0.769. The molecule has 1 aromatic carbocycles. The molecule has 0 saturated carbocycles. The van der Waals surface area contributed by atoms with Crippen LogP contribution in [-0.4, -0.2) is 52.9 Å². The van der Waals surface area contributed by atoms with Gasteiger partial charge in [0.2, 0.25) is 5.91 Å². The number of methoxy groups -OCH3 is 1. The predicted molar refractivity (Wildman–Crippen MR) is 126 cm³/mol. The van der Waals surface area contributed by atoms with Gasteiger partial charge in [-0.25, -0.2) is 9.97 Å². The second-order valence-corrected chi connectivity index (χ2v) is 9.06. The maximum Gasteiger partial charge on any atom is 0.220 e. The van der Waals surface area contributed by atoms with Crippen molar-refractivity contribution in [2.75, 3.05) is 32.6 Å². The molecule has 0 bridgehead atoms. The second-order valence-electron chi connectivity index (χ2n) is 9.06. The third kappa shape index (κ3) is 4.06. The highest BCUT2D eigenvalue weighted by Crippen LogP contribution is 2.34. The summed E-state index contributed by atoms with van der Waals surface area (Å²) in [6.45, 7) is 11.6. The number of aryl methyl sites for hydroxylation is 1. The number of carbonyl (C=O) groups excluding carboxylic acids is 1. The smallest absolute Gasteiger partial charge is 0.220 e. The van der Waals surface area contributed by atoms with Crippen molar-refractivity contribution >= 4 is 11.7 Å². The van der Waals surface area contributed by atoms with E-state index < -0.39 is 0 Å². The van der Waals surface area contributed by atoms with Gasteiger partial charge >= 0.3 is 0 Å². The Morgan fingerprint density at radius 1 is 1.22 bits per heavy atom. The van der Waals surface area contributed by atoms with Crippen molar-refractivity contribution in [1.82, 2.24) is 19.8 Å². The summed E-state index contributed by atoms with van der Waals surface area (Å²) in [5, 5.41) is 3.30. The largest absolute Gasteiger partial charge is 0.496 e. The van der Waals surface area contributed by atoms with Crippen LogP contribution in [0.25, 0.3) is 0 Å². The fraction of sp³-hybridized carbons (Fsp3) is 0.560. The molecule has 4 rings (SSSR count). The highest BCUT2D eigenvalue weighted by Gasteiger charge is 2.32. The first-order valence-corrected chi connectivity index (χ1v) is 11.5. The van der Waals surface area contributed by atoms with E-state index in [1.54, 1.807) is 14.0 Å². The maximum absolute atomic E-state index is 12.0. The number of ether oxygens (including phenoxy) is 1. The van der Waals surface area contributed by atoms with E-state index in [1.807, 2.05) is 11.9 Å². The zero-order chi connectivity index (χ0) is 23.0. The summed E-state index contributed by atoms with van der Waals surface area (Å²) >= 11 is 0. The number of hydrogen-bond donors (Lipinski definition) is 1. The lowest BCUT2D eigenvalue weighted by atomic mass is 9.96. The number of hydrogen-bond acceptors (Lipinski definition) is 6. The van der Waals surface area contributed by atoms with Gasteiger partial charge in [0.1, 0.15) is 11.6 Å². The lowest BCUT2D eigenvalue weighted by Crippen LogP contribution is -2.34. The molecule has 0 radical (unpaired) electrons. The van der Waals surface area contributed by atoms with Gasteiger partial charge in [0.05, 0.1) is 18.8 Å². The number of rotatable bonds is 5. The fourth-order valence-electron chi connectivity index (χ4n) is 5.17. The average Bonchev–Trinajstić information content (AvgIpc) is 3.28. The van der Waals surface area contributed by atoms with Crippen LogP contribution in [-0.2, 0) is 24.3 Å². The molecule has 1 aromatic heterocycles. The third-order valence-electron chi connectivity index (χ3n) is 7.16. The van der Waals surface area contributed by atoms with Crippen molar-refractivity contribution in [2.24, 2.45) is 0 Å². The number of likely N-dealkylation sites (tertiary alicyclic amines) is 1. The van der Waals surface area contributed by atoms with Crippen LogP contribution in [0.15, 0.2) is 6.07 Å². The van der Waals surface area contributed by atoms with E-state index in [-0.39, 0.29) is 11.9 Å². The number of nitrogens with one attached hydrogen (secondary N) is 1. The van der Waals surface area contributed by atoms with E-state index in [4.69, 9.17) is 14.7 Å². The van der Waals surface area contributed by atoms with Crippen molar-refractivity contribution < 1.29 is 9.53 Å². The SMILES string of the molecule is CNc1nc(C2CCCN2C(C)=O)nc2c1CN(Cc1c(C)cc(OC)c(C)c1C)CC2. The summed E-state index contributed by atoms with van der Waals surface area (Å²) in [5.41, 5.74) is 7.44. The number of carbonyl (C=O) groups is 1. The Bertz CT molecular complexity index is 1020. The molecule has 1 amide bonds. The van der Waals surface area contributed by atoms with Crippen LogP contribution < -0.4 is 10.1 Å². The van der Waals surface area contributed by atoms with Crippen LogP contribution in [0.4, 0.5) is 5.82 Å². The molecule has 7 nitrogen and oxygen atoms in total. The molecule has 172 valence electrons. The number of fused-ring (bicyclic) bond motifs is 1. The predicted octanol–water partition coefficient (Wildman–Crippen LogP) is 3.69. The number of benzene rings is 1. The maximum atomic E-state index is 12.0. The van der Waals surface area contributed by atoms with E-state index in [9.17, 15) is 4.79 Å². The molecule has 2 aliphatic heterocycles. The molecular weight excluding hydrogens is 402 g/mol. The van der Waals surface area contributed by atoms with E-state index in [1.165, 1.54) is 27.8 Å². The minimum Gasteiger partial charge on any atom is -0.496 e. The van der Waals surface area contributed by atoms with Crippen LogP contribution in [0.5, 0.6) is 5.75 Å². The minimum atomic E-state index is -0.00416. The van der Waals surface area contributed by atoms with Crippen molar-refractivity contribution in [3.05, 3.63) is 45.4 Å². The Morgan fingerprint density at radius 3 is 2.69 bits per heavy atom. The number of amides is 1. The average molecular weight is 438 g/mol. The first-order chi connectivity index (χ1) is 15.3. The van der Waals surface area contributed by atoms with Crippen molar-refractivity contribution in [2.45, 2.75) is 66.1 Å². The van der Waals surface area contributed by atoms with Crippen molar-refractivity contribution in [3.8, 4) is 5.75 Å². The first-order valence-electron chi connectivity index (χ1n) is 11.5. The van der Waals surface area contributed by atoms with Gasteiger partial charge in [0, 0.05) is 52.1 Å². The van der Waals surface area contributed by atoms with Crippen LogP contribution in [0, 0.1) is 20.8 Å². The Morgan fingerprint density at radius 2 is 2.00 bits per heavy atom. The van der Waals surface area contributed by atoms with Crippen LogP contribution in [0.2, 0.25) is 0 Å². The molecule has 0 aliphatic carbocycles. The Balaban J connectivity index is 1.60. The summed E-state index contributed by atoms with van der Waals surface area (Å²) in [4.78, 5) is 26.3. The highest BCUT2D eigenvalue weighted by atomic mass is 16.5. The molecular formula is C25H35N5O2. The molecule has 7 heteroatoms. The molecule has 2 aromatic rings. The molecule has 1 saturated heterocycles. The Labute approximate surface area is 191 Å². The van der Waals surface area contributed by atoms with Crippen molar-refractivity contribution in [3.63, 3.8) is 0 Å². The molecule has 3 heterocycles. The summed E-state index contributed by atoms with van der Waals surface area (Å²) < 4.78 is 5.54. The van der Waals surface area contributed by atoms with E-state index in [0.29, 0.717) is 0 Å². The summed E-state index contributed by atoms with van der Waals surface area (Å²) in [7, 11) is 3.65. The molecule has 1 N–H and O–H groups in total. The van der Waals surface area contributed by atoms with E-state index >= 15 is 0 Å². The standard InChI is InChI=1S/C25H35N5O2/c1-15-12-23(32-6)17(3)16(2)19(15)13-29-11-9-21-20(14-29)24(26-5)28-25(27-21)22-8-7-10-30(22)18(4)31/h12,22H,7-11,13-14H2,1-6H3,(H,26,27,28). The van der Waals surface area contributed by atoms with Crippen LogP contribution >= 0.6 is 0 Å². The molecule has 32 heavy (non-hydrogen) atoms. The van der Waals surface area contributed by atoms with Crippen LogP contribution in [0.1, 0.15) is 65.1 Å². The van der Waals surface area contributed by atoms with Gasteiger partial charge in [-0.05, 0) is 61.9 Å². The van der Waals surface area contributed by atoms with Crippen LogP contribution in [0.3, 0.4) is 0 Å². The first kappa shape index (κ1) is 22.5. The summed E-state index contributed by atoms with van der Waals surface area (Å²) in [5.74, 6) is 2.74. The lowest BCUT2D eigenvalue weighted by Gasteiger charge is -2.31. The monoisotopic (exact) mass is 437 g/mol. The van der Waals surface area contributed by atoms with E-state index in [0.717, 1.165) is 68.5 Å². The number of anilines is 1. The van der Waals surface area contributed by atoms with Gasteiger partial charge in [-0.2, -0.15) is 0 Å². The number of nitrogens with zero attached hydrogens (tertiary/aromatic N) is 4. The number of aromatic nitrogens is 2.